The van der Waals surface area contributed by atoms with Crippen LogP contribution in [0.4, 0.5) is 5.82 Å². The molecule has 0 aromatic carbocycles. The summed E-state index contributed by atoms with van der Waals surface area (Å²) in [6, 6.07) is 0. The Bertz CT molecular complexity index is 445. The van der Waals surface area contributed by atoms with E-state index in [0.29, 0.717) is 5.92 Å². The molecule has 0 unspecified atom stereocenters. The fourth-order valence-electron chi connectivity index (χ4n) is 2.36. The Hall–Kier alpha value is -1.36. The first kappa shape index (κ1) is 16.0. The van der Waals surface area contributed by atoms with Gasteiger partial charge in [0.2, 0.25) is 5.88 Å². The van der Waals surface area contributed by atoms with Crippen LogP contribution in [0.15, 0.2) is 0 Å². The Labute approximate surface area is 127 Å². The van der Waals surface area contributed by atoms with Crippen LogP contribution in [0.3, 0.4) is 0 Å². The van der Waals surface area contributed by atoms with E-state index in [-0.39, 0.29) is 0 Å². The lowest BCUT2D eigenvalue weighted by atomic mass is 10.0. The van der Waals surface area contributed by atoms with Gasteiger partial charge in [0, 0.05) is 26.2 Å². The van der Waals surface area contributed by atoms with E-state index in [4.69, 9.17) is 9.47 Å². The van der Waals surface area contributed by atoms with Crippen molar-refractivity contribution in [1.82, 2.24) is 9.97 Å². The Kier molecular flexibility index (Phi) is 6.23. The minimum Gasteiger partial charge on any atom is -0.477 e. The van der Waals surface area contributed by atoms with Crippen molar-refractivity contribution >= 4 is 5.82 Å². The minimum atomic E-state index is 0.574. The van der Waals surface area contributed by atoms with Gasteiger partial charge in [-0.3, -0.25) is 0 Å². The molecule has 1 fully saturated rings. The third-order valence-corrected chi connectivity index (χ3v) is 3.80. The number of hydrogen-bond acceptors (Lipinski definition) is 5. The highest BCUT2D eigenvalue weighted by molar-refractivity contribution is 5.48. The summed E-state index contributed by atoms with van der Waals surface area (Å²) in [5.74, 6) is 3.05. The third kappa shape index (κ3) is 4.56. The van der Waals surface area contributed by atoms with Crippen LogP contribution in [-0.2, 0) is 11.2 Å². The summed E-state index contributed by atoms with van der Waals surface area (Å²) >= 11 is 0. The predicted octanol–water partition coefficient (Wildman–Crippen LogP) is 2.97. The monoisotopic (exact) mass is 293 g/mol. The molecule has 1 aliphatic heterocycles. The highest BCUT2D eigenvalue weighted by Gasteiger charge is 2.17. The van der Waals surface area contributed by atoms with Gasteiger partial charge in [0.25, 0.3) is 0 Å². The molecule has 1 aromatic rings. The van der Waals surface area contributed by atoms with Gasteiger partial charge in [-0.05, 0) is 32.1 Å². The SMILES string of the molecule is CCCNc1nc(CC)nc(OCC2CCOCC2)c1C. The summed E-state index contributed by atoms with van der Waals surface area (Å²) in [7, 11) is 0. The number of rotatable bonds is 7. The van der Waals surface area contributed by atoms with Crippen LogP contribution in [-0.4, -0.2) is 36.3 Å². The van der Waals surface area contributed by atoms with Crippen molar-refractivity contribution in [2.24, 2.45) is 5.92 Å². The summed E-state index contributed by atoms with van der Waals surface area (Å²) in [5, 5.41) is 3.36. The number of hydrogen-bond donors (Lipinski definition) is 1. The van der Waals surface area contributed by atoms with E-state index in [1.807, 2.05) is 6.92 Å². The molecule has 1 aromatic heterocycles. The van der Waals surface area contributed by atoms with Gasteiger partial charge in [0.15, 0.2) is 0 Å². The Morgan fingerprint density at radius 1 is 1.24 bits per heavy atom. The lowest BCUT2D eigenvalue weighted by Gasteiger charge is -2.22. The second-order valence-electron chi connectivity index (χ2n) is 5.57. The molecule has 2 heterocycles. The second kappa shape index (κ2) is 8.17. The van der Waals surface area contributed by atoms with Crippen molar-refractivity contribution < 1.29 is 9.47 Å². The summed E-state index contributed by atoms with van der Waals surface area (Å²) in [5.41, 5.74) is 1.01. The highest BCUT2D eigenvalue weighted by atomic mass is 16.5. The smallest absolute Gasteiger partial charge is 0.221 e. The molecule has 1 saturated heterocycles. The lowest BCUT2D eigenvalue weighted by molar-refractivity contribution is 0.0489. The number of nitrogens with one attached hydrogen (secondary N) is 1. The Morgan fingerprint density at radius 2 is 2.00 bits per heavy atom. The molecule has 21 heavy (non-hydrogen) atoms. The minimum absolute atomic E-state index is 0.574. The van der Waals surface area contributed by atoms with E-state index in [9.17, 15) is 0 Å². The molecule has 0 saturated carbocycles. The molecule has 0 radical (unpaired) electrons. The van der Waals surface area contributed by atoms with Crippen molar-refractivity contribution in [2.75, 3.05) is 31.7 Å². The first-order valence-electron chi connectivity index (χ1n) is 8.06. The highest BCUT2D eigenvalue weighted by Crippen LogP contribution is 2.24. The van der Waals surface area contributed by atoms with Gasteiger partial charge in [-0.2, -0.15) is 4.98 Å². The van der Waals surface area contributed by atoms with Crippen molar-refractivity contribution in [3.05, 3.63) is 11.4 Å². The molecule has 0 amide bonds. The zero-order chi connectivity index (χ0) is 15.1. The van der Waals surface area contributed by atoms with Crippen LogP contribution in [0.5, 0.6) is 5.88 Å². The zero-order valence-corrected chi connectivity index (χ0v) is 13.4. The average Bonchev–Trinajstić information content (AvgIpc) is 2.53. The molecule has 0 aliphatic carbocycles. The quantitative estimate of drug-likeness (QED) is 0.837. The van der Waals surface area contributed by atoms with Gasteiger partial charge >= 0.3 is 0 Å². The summed E-state index contributed by atoms with van der Waals surface area (Å²) < 4.78 is 11.4. The summed E-state index contributed by atoms with van der Waals surface area (Å²) in [6.07, 6.45) is 4.04. The van der Waals surface area contributed by atoms with Crippen LogP contribution in [0.1, 0.15) is 44.5 Å². The molecule has 2 rings (SSSR count). The van der Waals surface area contributed by atoms with Gasteiger partial charge in [0.1, 0.15) is 11.6 Å². The van der Waals surface area contributed by atoms with Crippen LogP contribution in [0, 0.1) is 12.8 Å². The average molecular weight is 293 g/mol. The van der Waals surface area contributed by atoms with Gasteiger partial charge in [-0.25, -0.2) is 4.98 Å². The van der Waals surface area contributed by atoms with Gasteiger partial charge in [-0.1, -0.05) is 13.8 Å². The van der Waals surface area contributed by atoms with Crippen LogP contribution < -0.4 is 10.1 Å². The maximum atomic E-state index is 5.99. The number of anilines is 1. The first-order chi connectivity index (χ1) is 10.2. The van der Waals surface area contributed by atoms with Crippen LogP contribution in [0.25, 0.3) is 0 Å². The van der Waals surface area contributed by atoms with Crippen LogP contribution in [0.2, 0.25) is 0 Å². The van der Waals surface area contributed by atoms with E-state index >= 15 is 0 Å². The van der Waals surface area contributed by atoms with Gasteiger partial charge in [0.05, 0.1) is 12.2 Å². The number of nitrogens with zero attached hydrogens (tertiary/aromatic N) is 2. The lowest BCUT2D eigenvalue weighted by Crippen LogP contribution is -2.22. The summed E-state index contributed by atoms with van der Waals surface area (Å²) in [4.78, 5) is 9.10. The number of ether oxygens (including phenoxy) is 2. The van der Waals surface area contributed by atoms with Crippen molar-refractivity contribution in [3.8, 4) is 5.88 Å². The van der Waals surface area contributed by atoms with Crippen LogP contribution >= 0.6 is 0 Å². The standard InChI is InChI=1S/C16H27N3O2/c1-4-8-17-15-12(3)16(19-14(5-2)18-15)21-11-13-6-9-20-10-7-13/h13H,4-11H2,1-3H3,(H,17,18,19). The molecule has 0 atom stereocenters. The maximum Gasteiger partial charge on any atom is 0.221 e. The van der Waals surface area contributed by atoms with E-state index in [1.165, 1.54) is 0 Å². The fraction of sp³-hybridized carbons (Fsp3) is 0.750. The molecule has 118 valence electrons. The third-order valence-electron chi connectivity index (χ3n) is 3.80. The largest absolute Gasteiger partial charge is 0.477 e. The molecule has 5 heteroatoms. The number of aromatic nitrogens is 2. The Balaban J connectivity index is 2.05. The molecular formula is C16H27N3O2. The van der Waals surface area contributed by atoms with E-state index in [0.717, 1.165) is 75.1 Å². The molecular weight excluding hydrogens is 266 g/mol. The molecule has 1 aliphatic rings. The maximum absolute atomic E-state index is 5.99. The number of aryl methyl sites for hydroxylation is 1. The molecule has 0 bridgehead atoms. The van der Waals surface area contributed by atoms with Crippen molar-refractivity contribution in [1.29, 1.82) is 0 Å². The van der Waals surface area contributed by atoms with Gasteiger partial charge in [-0.15, -0.1) is 0 Å². The summed E-state index contributed by atoms with van der Waals surface area (Å²) in [6.45, 7) is 9.57. The fourth-order valence-corrected chi connectivity index (χ4v) is 2.36. The Morgan fingerprint density at radius 3 is 2.67 bits per heavy atom. The molecule has 0 spiro atoms. The van der Waals surface area contributed by atoms with Crippen molar-refractivity contribution in [3.63, 3.8) is 0 Å². The molecule has 1 N–H and O–H groups in total. The topological polar surface area (TPSA) is 56.3 Å². The zero-order valence-electron chi connectivity index (χ0n) is 13.4. The predicted molar refractivity (Wildman–Crippen MR) is 84.0 cm³/mol. The van der Waals surface area contributed by atoms with E-state index in [1.54, 1.807) is 0 Å². The van der Waals surface area contributed by atoms with E-state index < -0.39 is 0 Å². The van der Waals surface area contributed by atoms with E-state index in [2.05, 4.69) is 29.1 Å². The normalized spacial score (nSPS) is 16.0. The first-order valence-corrected chi connectivity index (χ1v) is 8.06. The molecule has 5 nitrogen and oxygen atoms in total. The second-order valence-corrected chi connectivity index (χ2v) is 5.57. The van der Waals surface area contributed by atoms with Gasteiger partial charge < -0.3 is 14.8 Å². The van der Waals surface area contributed by atoms with Crippen molar-refractivity contribution in [2.45, 2.75) is 46.5 Å².